The van der Waals surface area contributed by atoms with Crippen molar-refractivity contribution in [3.8, 4) is 5.75 Å². The van der Waals surface area contributed by atoms with Gasteiger partial charge in [0.1, 0.15) is 11.6 Å². The van der Waals surface area contributed by atoms with Gasteiger partial charge in [-0.25, -0.2) is 4.39 Å². The summed E-state index contributed by atoms with van der Waals surface area (Å²) in [6.07, 6.45) is 0. The molecule has 0 fully saturated rings. The maximum Gasteiger partial charge on any atom is 0.258 e. The van der Waals surface area contributed by atoms with Gasteiger partial charge in [-0.2, -0.15) is 0 Å². The van der Waals surface area contributed by atoms with Gasteiger partial charge in [-0.3, -0.25) is 4.79 Å². The fourth-order valence-electron chi connectivity index (χ4n) is 1.85. The van der Waals surface area contributed by atoms with Gasteiger partial charge >= 0.3 is 0 Å². The second kappa shape index (κ2) is 7.61. The van der Waals surface area contributed by atoms with Crippen LogP contribution in [-0.2, 0) is 4.79 Å². The number of rotatable bonds is 5. The Morgan fingerprint density at radius 1 is 1.32 bits per heavy atom. The van der Waals surface area contributed by atoms with E-state index in [1.165, 1.54) is 12.1 Å². The Bertz CT molecular complexity index is 664. The number of nitrogens with one attached hydrogen (secondary N) is 1. The summed E-state index contributed by atoms with van der Waals surface area (Å²) in [6.45, 7) is 1.69. The highest BCUT2D eigenvalue weighted by molar-refractivity contribution is 9.10. The second-order valence-electron chi connectivity index (χ2n) is 4.70. The van der Waals surface area contributed by atoms with Crippen molar-refractivity contribution in [3.63, 3.8) is 0 Å². The Hall–Kier alpha value is -1.59. The quantitative estimate of drug-likeness (QED) is 0.822. The van der Waals surface area contributed by atoms with E-state index in [1.807, 2.05) is 31.2 Å². The number of amides is 1. The Kier molecular flexibility index (Phi) is 5.80. The summed E-state index contributed by atoms with van der Waals surface area (Å²) in [6, 6.07) is 11.3. The molecule has 0 saturated heterocycles. The summed E-state index contributed by atoms with van der Waals surface area (Å²) in [5.74, 6) is -0.462. The van der Waals surface area contributed by atoms with Crippen molar-refractivity contribution in [3.05, 3.63) is 63.3 Å². The number of hydrogen-bond donors (Lipinski definition) is 1. The van der Waals surface area contributed by atoms with Gasteiger partial charge in [0.25, 0.3) is 5.91 Å². The van der Waals surface area contributed by atoms with E-state index < -0.39 is 5.82 Å². The molecule has 0 aromatic heterocycles. The molecule has 0 saturated carbocycles. The van der Waals surface area contributed by atoms with Crippen molar-refractivity contribution >= 4 is 33.4 Å². The van der Waals surface area contributed by atoms with Crippen molar-refractivity contribution in [1.82, 2.24) is 5.32 Å². The van der Waals surface area contributed by atoms with Crippen LogP contribution >= 0.6 is 27.5 Å². The SMILES string of the molecule is C[C@@H](NC(=O)COc1ccc(F)cc1Cl)c1ccc(Br)cc1. The number of halogens is 3. The van der Waals surface area contributed by atoms with Crippen molar-refractivity contribution < 1.29 is 13.9 Å². The molecule has 116 valence electrons. The van der Waals surface area contributed by atoms with Crippen LogP contribution < -0.4 is 10.1 Å². The first kappa shape index (κ1) is 16.8. The van der Waals surface area contributed by atoms with Gasteiger partial charge < -0.3 is 10.1 Å². The van der Waals surface area contributed by atoms with Crippen LogP contribution in [0.25, 0.3) is 0 Å². The van der Waals surface area contributed by atoms with Gasteiger partial charge in [-0.1, -0.05) is 39.7 Å². The van der Waals surface area contributed by atoms with Gasteiger partial charge in [-0.05, 0) is 42.8 Å². The van der Waals surface area contributed by atoms with Crippen LogP contribution in [0.4, 0.5) is 4.39 Å². The number of carbonyl (C=O) groups is 1. The minimum atomic E-state index is -0.453. The van der Waals surface area contributed by atoms with E-state index in [9.17, 15) is 9.18 Å². The van der Waals surface area contributed by atoms with Crippen LogP contribution in [0.2, 0.25) is 5.02 Å². The van der Waals surface area contributed by atoms with Crippen molar-refractivity contribution in [2.75, 3.05) is 6.61 Å². The van der Waals surface area contributed by atoms with Gasteiger partial charge in [0, 0.05) is 4.47 Å². The molecule has 0 radical (unpaired) electrons. The second-order valence-corrected chi connectivity index (χ2v) is 6.03. The molecule has 0 aliphatic heterocycles. The molecule has 2 aromatic carbocycles. The Morgan fingerprint density at radius 3 is 2.64 bits per heavy atom. The molecule has 0 spiro atoms. The Labute approximate surface area is 141 Å². The molecule has 0 aliphatic rings. The van der Waals surface area contributed by atoms with Gasteiger partial charge in [0.05, 0.1) is 11.1 Å². The summed E-state index contributed by atoms with van der Waals surface area (Å²) < 4.78 is 19.2. The third-order valence-electron chi connectivity index (χ3n) is 3.00. The molecule has 2 aromatic rings. The first-order valence-electron chi connectivity index (χ1n) is 6.58. The standard InChI is InChI=1S/C16H14BrClFNO2/c1-10(11-2-4-12(17)5-3-11)20-16(21)9-22-15-7-6-13(19)8-14(15)18/h2-8,10H,9H2,1H3,(H,20,21)/t10-/m1/s1. The molecule has 1 amide bonds. The monoisotopic (exact) mass is 385 g/mol. The highest BCUT2D eigenvalue weighted by Crippen LogP contribution is 2.24. The molecule has 3 nitrogen and oxygen atoms in total. The maximum atomic E-state index is 12.9. The molecule has 0 bridgehead atoms. The highest BCUT2D eigenvalue weighted by atomic mass is 79.9. The fraction of sp³-hybridized carbons (Fsp3) is 0.188. The summed E-state index contributed by atoms with van der Waals surface area (Å²) in [4.78, 5) is 11.9. The number of benzene rings is 2. The van der Waals surface area contributed by atoms with E-state index in [-0.39, 0.29) is 29.3 Å². The minimum absolute atomic E-state index is 0.133. The van der Waals surface area contributed by atoms with Crippen LogP contribution in [0.5, 0.6) is 5.75 Å². The zero-order valence-corrected chi connectivity index (χ0v) is 14.1. The lowest BCUT2D eigenvalue weighted by molar-refractivity contribution is -0.123. The van der Waals surface area contributed by atoms with Crippen LogP contribution in [0.15, 0.2) is 46.9 Å². The normalized spacial score (nSPS) is 11.8. The summed E-state index contributed by atoms with van der Waals surface area (Å²) in [5, 5.41) is 2.95. The van der Waals surface area contributed by atoms with Crippen LogP contribution in [0, 0.1) is 5.82 Å². The molecule has 22 heavy (non-hydrogen) atoms. The summed E-state index contributed by atoms with van der Waals surface area (Å²) in [7, 11) is 0. The molecule has 1 N–H and O–H groups in total. The smallest absolute Gasteiger partial charge is 0.258 e. The first-order chi connectivity index (χ1) is 10.5. The largest absolute Gasteiger partial charge is 0.482 e. The fourth-order valence-corrected chi connectivity index (χ4v) is 2.34. The van der Waals surface area contributed by atoms with E-state index in [0.717, 1.165) is 16.1 Å². The Balaban J connectivity index is 1.88. The van der Waals surface area contributed by atoms with Crippen molar-refractivity contribution in [1.29, 1.82) is 0 Å². The van der Waals surface area contributed by atoms with Gasteiger partial charge in [0.15, 0.2) is 6.61 Å². The molecule has 0 unspecified atom stereocenters. The molecule has 2 rings (SSSR count). The molecule has 6 heteroatoms. The zero-order chi connectivity index (χ0) is 16.1. The number of ether oxygens (including phenoxy) is 1. The van der Waals surface area contributed by atoms with Gasteiger partial charge in [-0.15, -0.1) is 0 Å². The summed E-state index contributed by atoms with van der Waals surface area (Å²) >= 11 is 9.19. The maximum absolute atomic E-state index is 12.9. The molecular formula is C16H14BrClFNO2. The topological polar surface area (TPSA) is 38.3 Å². The van der Waals surface area contributed by atoms with Crippen LogP contribution in [0.1, 0.15) is 18.5 Å². The summed E-state index contributed by atoms with van der Waals surface area (Å²) in [5.41, 5.74) is 0.983. The molecule has 1 atom stereocenters. The number of carbonyl (C=O) groups excluding carboxylic acids is 1. The predicted octanol–water partition coefficient (Wildman–Crippen LogP) is 4.50. The lowest BCUT2D eigenvalue weighted by atomic mass is 10.1. The number of hydrogen-bond acceptors (Lipinski definition) is 2. The van der Waals surface area contributed by atoms with Crippen LogP contribution in [-0.4, -0.2) is 12.5 Å². The average molecular weight is 387 g/mol. The first-order valence-corrected chi connectivity index (χ1v) is 7.75. The third-order valence-corrected chi connectivity index (χ3v) is 3.82. The average Bonchev–Trinajstić information content (AvgIpc) is 2.47. The van der Waals surface area contributed by atoms with Gasteiger partial charge in [0.2, 0.25) is 0 Å². The minimum Gasteiger partial charge on any atom is -0.482 e. The lowest BCUT2D eigenvalue weighted by Crippen LogP contribution is -2.31. The van der Waals surface area contributed by atoms with E-state index in [1.54, 1.807) is 0 Å². The van der Waals surface area contributed by atoms with E-state index in [0.29, 0.717) is 0 Å². The van der Waals surface area contributed by atoms with E-state index in [2.05, 4.69) is 21.2 Å². The third kappa shape index (κ3) is 4.71. The molecule has 0 aliphatic carbocycles. The van der Waals surface area contributed by atoms with E-state index in [4.69, 9.17) is 16.3 Å². The molecule has 0 heterocycles. The van der Waals surface area contributed by atoms with Crippen LogP contribution in [0.3, 0.4) is 0 Å². The zero-order valence-electron chi connectivity index (χ0n) is 11.8. The predicted molar refractivity (Wildman–Crippen MR) is 87.6 cm³/mol. The molecular weight excluding hydrogens is 373 g/mol. The highest BCUT2D eigenvalue weighted by Gasteiger charge is 2.11. The van der Waals surface area contributed by atoms with Crippen molar-refractivity contribution in [2.45, 2.75) is 13.0 Å². The Morgan fingerprint density at radius 2 is 2.00 bits per heavy atom. The van der Waals surface area contributed by atoms with Crippen molar-refractivity contribution in [2.24, 2.45) is 0 Å². The lowest BCUT2D eigenvalue weighted by Gasteiger charge is -2.15. The van der Waals surface area contributed by atoms with E-state index >= 15 is 0 Å².